The SMILES string of the molecule is Nc1cccc(Sc2ccc(F)cc2)n1. The van der Waals surface area contributed by atoms with Gasteiger partial charge in [-0.1, -0.05) is 17.8 Å². The lowest BCUT2D eigenvalue weighted by Crippen LogP contribution is -1.89. The predicted octanol–water partition coefficient (Wildman–Crippen LogP) is 2.95. The van der Waals surface area contributed by atoms with Gasteiger partial charge in [0.2, 0.25) is 0 Å². The molecule has 0 saturated heterocycles. The summed E-state index contributed by atoms with van der Waals surface area (Å²) in [6, 6.07) is 11.7. The van der Waals surface area contributed by atoms with E-state index >= 15 is 0 Å². The van der Waals surface area contributed by atoms with Gasteiger partial charge in [-0.2, -0.15) is 0 Å². The van der Waals surface area contributed by atoms with Crippen molar-refractivity contribution in [3.63, 3.8) is 0 Å². The Labute approximate surface area is 91.3 Å². The summed E-state index contributed by atoms with van der Waals surface area (Å²) in [5.74, 6) is 0.252. The highest BCUT2D eigenvalue weighted by molar-refractivity contribution is 7.99. The highest BCUT2D eigenvalue weighted by Crippen LogP contribution is 2.26. The van der Waals surface area contributed by atoms with Crippen molar-refractivity contribution in [1.82, 2.24) is 4.98 Å². The molecule has 0 aliphatic carbocycles. The number of benzene rings is 1. The van der Waals surface area contributed by atoms with Crippen molar-refractivity contribution in [2.75, 3.05) is 5.73 Å². The number of anilines is 1. The number of hydrogen-bond acceptors (Lipinski definition) is 3. The number of nitrogens with two attached hydrogens (primary N) is 1. The standard InChI is InChI=1S/C11H9FN2S/c12-8-4-6-9(7-5-8)15-11-3-1-2-10(13)14-11/h1-7H,(H2,13,14). The molecule has 1 heterocycles. The van der Waals surface area contributed by atoms with E-state index in [1.54, 1.807) is 18.2 Å². The monoisotopic (exact) mass is 220 g/mol. The van der Waals surface area contributed by atoms with Crippen LogP contribution in [0.1, 0.15) is 0 Å². The Morgan fingerprint density at radius 3 is 2.47 bits per heavy atom. The molecule has 2 nitrogen and oxygen atoms in total. The first-order chi connectivity index (χ1) is 7.24. The van der Waals surface area contributed by atoms with Crippen LogP contribution in [0.15, 0.2) is 52.4 Å². The maximum atomic E-state index is 12.6. The second-order valence-corrected chi connectivity index (χ2v) is 4.05. The van der Waals surface area contributed by atoms with E-state index in [0.29, 0.717) is 5.82 Å². The lowest BCUT2D eigenvalue weighted by molar-refractivity contribution is 0.626. The van der Waals surface area contributed by atoms with E-state index in [1.807, 2.05) is 12.1 Å². The number of nitrogens with zero attached hydrogens (tertiary/aromatic N) is 1. The summed E-state index contributed by atoms with van der Waals surface area (Å²) in [5.41, 5.74) is 5.55. The molecule has 0 bridgehead atoms. The molecule has 76 valence electrons. The molecular weight excluding hydrogens is 211 g/mol. The Kier molecular flexibility index (Phi) is 2.87. The summed E-state index contributed by atoms with van der Waals surface area (Å²) in [5, 5.41) is 0.807. The van der Waals surface area contributed by atoms with Gasteiger partial charge in [-0.25, -0.2) is 9.37 Å². The van der Waals surface area contributed by atoms with Gasteiger partial charge in [-0.05, 0) is 36.4 Å². The molecule has 0 aliphatic rings. The summed E-state index contributed by atoms with van der Waals surface area (Å²) < 4.78 is 12.6. The van der Waals surface area contributed by atoms with Crippen LogP contribution in [0.2, 0.25) is 0 Å². The van der Waals surface area contributed by atoms with Crippen molar-refractivity contribution in [2.45, 2.75) is 9.92 Å². The van der Waals surface area contributed by atoms with Crippen molar-refractivity contribution in [1.29, 1.82) is 0 Å². The van der Waals surface area contributed by atoms with Gasteiger partial charge in [-0.3, -0.25) is 0 Å². The van der Waals surface area contributed by atoms with Crippen LogP contribution in [0.3, 0.4) is 0 Å². The molecule has 0 spiro atoms. The normalized spacial score (nSPS) is 10.2. The summed E-state index contributed by atoms with van der Waals surface area (Å²) in [7, 11) is 0. The Morgan fingerprint density at radius 2 is 1.80 bits per heavy atom. The summed E-state index contributed by atoms with van der Waals surface area (Å²) in [6.45, 7) is 0. The molecule has 2 N–H and O–H groups in total. The highest BCUT2D eigenvalue weighted by atomic mass is 32.2. The molecule has 0 radical (unpaired) electrons. The van der Waals surface area contributed by atoms with Crippen LogP contribution in [-0.4, -0.2) is 4.98 Å². The maximum Gasteiger partial charge on any atom is 0.124 e. The number of hydrogen-bond donors (Lipinski definition) is 1. The summed E-state index contributed by atoms with van der Waals surface area (Å²) >= 11 is 1.45. The van der Waals surface area contributed by atoms with Gasteiger partial charge < -0.3 is 5.73 Å². The molecule has 1 aromatic heterocycles. The first-order valence-corrected chi connectivity index (χ1v) is 5.21. The zero-order valence-corrected chi connectivity index (χ0v) is 8.67. The second-order valence-electron chi connectivity index (χ2n) is 2.96. The van der Waals surface area contributed by atoms with E-state index in [1.165, 1.54) is 23.9 Å². The number of nitrogen functional groups attached to an aromatic ring is 1. The average molecular weight is 220 g/mol. The molecule has 0 atom stereocenters. The first kappa shape index (κ1) is 9.98. The molecular formula is C11H9FN2S. The van der Waals surface area contributed by atoms with Gasteiger partial charge in [0.1, 0.15) is 16.7 Å². The first-order valence-electron chi connectivity index (χ1n) is 4.40. The Hall–Kier alpha value is -1.55. The summed E-state index contributed by atoms with van der Waals surface area (Å²) in [6.07, 6.45) is 0. The van der Waals surface area contributed by atoms with Crippen molar-refractivity contribution in [3.05, 3.63) is 48.3 Å². The zero-order valence-electron chi connectivity index (χ0n) is 7.85. The fourth-order valence-corrected chi connectivity index (χ4v) is 1.92. The van der Waals surface area contributed by atoms with E-state index in [9.17, 15) is 4.39 Å². The van der Waals surface area contributed by atoms with E-state index in [4.69, 9.17) is 5.73 Å². The lowest BCUT2D eigenvalue weighted by atomic mass is 10.4. The van der Waals surface area contributed by atoms with E-state index in [-0.39, 0.29) is 5.82 Å². The molecule has 2 rings (SSSR count). The van der Waals surface area contributed by atoms with E-state index in [2.05, 4.69) is 4.98 Å². The minimum Gasteiger partial charge on any atom is -0.384 e. The van der Waals surface area contributed by atoms with Crippen LogP contribution in [0, 0.1) is 5.82 Å². The van der Waals surface area contributed by atoms with Crippen molar-refractivity contribution in [3.8, 4) is 0 Å². The molecule has 0 fully saturated rings. The fourth-order valence-electron chi connectivity index (χ4n) is 1.11. The van der Waals surface area contributed by atoms with E-state index < -0.39 is 0 Å². The van der Waals surface area contributed by atoms with Gasteiger partial charge in [0.05, 0.1) is 0 Å². The average Bonchev–Trinajstić information content (AvgIpc) is 2.22. The Morgan fingerprint density at radius 1 is 1.07 bits per heavy atom. The number of halogens is 1. The van der Waals surface area contributed by atoms with Gasteiger partial charge in [-0.15, -0.1) is 0 Å². The molecule has 0 amide bonds. The number of rotatable bonds is 2. The fraction of sp³-hybridized carbons (Fsp3) is 0. The topological polar surface area (TPSA) is 38.9 Å². The zero-order chi connectivity index (χ0) is 10.7. The van der Waals surface area contributed by atoms with Crippen molar-refractivity contribution >= 4 is 17.6 Å². The second kappa shape index (κ2) is 4.31. The molecule has 1 aromatic carbocycles. The summed E-state index contributed by atoms with van der Waals surface area (Å²) in [4.78, 5) is 5.08. The third-order valence-electron chi connectivity index (χ3n) is 1.78. The van der Waals surface area contributed by atoms with Crippen molar-refractivity contribution < 1.29 is 4.39 Å². The molecule has 0 unspecified atom stereocenters. The van der Waals surface area contributed by atoms with Crippen LogP contribution < -0.4 is 5.73 Å². The van der Waals surface area contributed by atoms with Gasteiger partial charge in [0, 0.05) is 4.90 Å². The quantitative estimate of drug-likeness (QED) is 0.845. The largest absolute Gasteiger partial charge is 0.384 e. The van der Waals surface area contributed by atoms with Crippen LogP contribution in [0.4, 0.5) is 10.2 Å². The molecule has 15 heavy (non-hydrogen) atoms. The minimum absolute atomic E-state index is 0.236. The maximum absolute atomic E-state index is 12.6. The minimum atomic E-state index is -0.236. The van der Waals surface area contributed by atoms with Crippen LogP contribution in [0.5, 0.6) is 0 Å². The van der Waals surface area contributed by atoms with Crippen molar-refractivity contribution in [2.24, 2.45) is 0 Å². The molecule has 4 heteroatoms. The predicted molar refractivity (Wildman–Crippen MR) is 59.2 cm³/mol. The lowest BCUT2D eigenvalue weighted by Gasteiger charge is -2.01. The Balaban J connectivity index is 2.18. The third kappa shape index (κ3) is 2.70. The van der Waals surface area contributed by atoms with Gasteiger partial charge >= 0.3 is 0 Å². The Bertz CT molecular complexity index is 456. The van der Waals surface area contributed by atoms with Crippen LogP contribution >= 0.6 is 11.8 Å². The molecule has 2 aromatic rings. The highest BCUT2D eigenvalue weighted by Gasteiger charge is 1.99. The van der Waals surface area contributed by atoms with Crippen LogP contribution in [-0.2, 0) is 0 Å². The smallest absolute Gasteiger partial charge is 0.124 e. The van der Waals surface area contributed by atoms with Crippen LogP contribution in [0.25, 0.3) is 0 Å². The number of aromatic nitrogens is 1. The molecule has 0 aliphatic heterocycles. The van der Waals surface area contributed by atoms with Gasteiger partial charge in [0.25, 0.3) is 0 Å². The number of pyridine rings is 1. The third-order valence-corrected chi connectivity index (χ3v) is 2.73. The van der Waals surface area contributed by atoms with Gasteiger partial charge in [0.15, 0.2) is 0 Å². The molecule has 0 saturated carbocycles. The van der Waals surface area contributed by atoms with E-state index in [0.717, 1.165) is 9.92 Å².